The van der Waals surface area contributed by atoms with E-state index in [4.69, 9.17) is 9.47 Å². The van der Waals surface area contributed by atoms with Gasteiger partial charge >= 0.3 is 0 Å². The van der Waals surface area contributed by atoms with Crippen LogP contribution in [0, 0.1) is 0 Å². The maximum Gasteiger partial charge on any atom is 0.244 e. The second kappa shape index (κ2) is 10.0. The molecule has 1 aromatic carbocycles. The van der Waals surface area contributed by atoms with Crippen LogP contribution < -0.4 is 5.32 Å². The molecule has 1 amide bonds. The third-order valence-corrected chi connectivity index (χ3v) is 6.50. The summed E-state index contributed by atoms with van der Waals surface area (Å²) >= 11 is 0. The predicted molar refractivity (Wildman–Crippen MR) is 114 cm³/mol. The van der Waals surface area contributed by atoms with E-state index < -0.39 is 0 Å². The number of carbonyl (C=O) groups is 1. The van der Waals surface area contributed by atoms with Crippen LogP contribution in [0.3, 0.4) is 0 Å². The van der Waals surface area contributed by atoms with Crippen molar-refractivity contribution < 1.29 is 14.3 Å². The molecule has 0 radical (unpaired) electrons. The average Bonchev–Trinajstić information content (AvgIpc) is 3.35. The van der Waals surface area contributed by atoms with Gasteiger partial charge in [0.2, 0.25) is 5.91 Å². The van der Waals surface area contributed by atoms with Crippen LogP contribution in [0.1, 0.15) is 39.0 Å². The lowest BCUT2D eigenvalue weighted by Crippen LogP contribution is -2.58. The normalized spacial score (nSPS) is 26.6. The van der Waals surface area contributed by atoms with Gasteiger partial charge in [-0.3, -0.25) is 14.6 Å². The lowest BCUT2D eigenvalue weighted by Gasteiger charge is -2.42. The van der Waals surface area contributed by atoms with E-state index in [-0.39, 0.29) is 18.1 Å². The van der Waals surface area contributed by atoms with Gasteiger partial charge in [0, 0.05) is 24.9 Å². The fourth-order valence-electron chi connectivity index (χ4n) is 4.96. The zero-order valence-corrected chi connectivity index (χ0v) is 17.6. The zero-order valence-electron chi connectivity index (χ0n) is 17.6. The molecule has 6 heteroatoms. The molecule has 4 rings (SSSR count). The van der Waals surface area contributed by atoms with Gasteiger partial charge < -0.3 is 14.8 Å². The number of benzene rings is 1. The van der Waals surface area contributed by atoms with Crippen LogP contribution in [-0.4, -0.2) is 79.4 Å². The summed E-state index contributed by atoms with van der Waals surface area (Å²) in [4.78, 5) is 18.4. The van der Waals surface area contributed by atoms with Crippen LogP contribution in [-0.2, 0) is 14.3 Å². The minimum absolute atomic E-state index is 0.00836. The lowest BCUT2D eigenvalue weighted by atomic mass is 10.0. The van der Waals surface area contributed by atoms with E-state index in [1.165, 1.54) is 0 Å². The number of ether oxygens (including phenoxy) is 2. The Kier molecular flexibility index (Phi) is 7.19. The van der Waals surface area contributed by atoms with E-state index >= 15 is 0 Å². The van der Waals surface area contributed by atoms with Crippen molar-refractivity contribution in [1.82, 2.24) is 9.80 Å². The molecule has 0 saturated carbocycles. The van der Waals surface area contributed by atoms with Crippen molar-refractivity contribution >= 4 is 11.6 Å². The fourth-order valence-corrected chi connectivity index (χ4v) is 4.96. The Bertz CT molecular complexity index is 646. The highest BCUT2D eigenvalue weighted by Crippen LogP contribution is 2.29. The molecule has 3 aliphatic heterocycles. The van der Waals surface area contributed by atoms with E-state index in [1.54, 1.807) is 0 Å². The molecule has 3 fully saturated rings. The predicted octanol–water partition coefficient (Wildman–Crippen LogP) is 2.75. The van der Waals surface area contributed by atoms with Gasteiger partial charge in [-0.25, -0.2) is 0 Å². The van der Waals surface area contributed by atoms with Crippen LogP contribution in [0.2, 0.25) is 0 Å². The number of hydrogen-bond donors (Lipinski definition) is 1. The van der Waals surface area contributed by atoms with Crippen molar-refractivity contribution in [3.05, 3.63) is 30.3 Å². The molecular weight excluding hydrogens is 366 g/mol. The first-order valence-corrected chi connectivity index (χ1v) is 11.3. The minimum atomic E-state index is -0.216. The highest BCUT2D eigenvalue weighted by atomic mass is 16.5. The molecule has 3 aliphatic rings. The quantitative estimate of drug-likeness (QED) is 0.690. The first-order valence-electron chi connectivity index (χ1n) is 11.3. The topological polar surface area (TPSA) is 54.0 Å². The smallest absolute Gasteiger partial charge is 0.244 e. The van der Waals surface area contributed by atoms with Crippen molar-refractivity contribution in [3.8, 4) is 0 Å². The van der Waals surface area contributed by atoms with E-state index in [0.717, 1.165) is 77.2 Å². The molecule has 29 heavy (non-hydrogen) atoms. The van der Waals surface area contributed by atoms with Crippen molar-refractivity contribution in [2.45, 2.75) is 63.3 Å². The third kappa shape index (κ3) is 5.00. The molecule has 3 heterocycles. The molecule has 3 unspecified atom stereocenters. The summed E-state index contributed by atoms with van der Waals surface area (Å²) in [5.41, 5.74) is 0.857. The Morgan fingerprint density at radius 3 is 2.72 bits per heavy atom. The first kappa shape index (κ1) is 20.8. The highest BCUT2D eigenvalue weighted by molar-refractivity contribution is 5.95. The summed E-state index contributed by atoms with van der Waals surface area (Å²) in [6, 6.07) is 10.5. The molecule has 0 aliphatic carbocycles. The summed E-state index contributed by atoms with van der Waals surface area (Å²) in [5, 5.41) is 3.15. The molecule has 6 nitrogen and oxygen atoms in total. The number of likely N-dealkylation sites (tertiary alicyclic amines) is 1. The number of rotatable bonds is 9. The monoisotopic (exact) mass is 401 g/mol. The van der Waals surface area contributed by atoms with Crippen LogP contribution in [0.4, 0.5) is 5.69 Å². The maximum atomic E-state index is 13.4. The Labute approximate surface area is 174 Å². The van der Waals surface area contributed by atoms with E-state index in [2.05, 4.69) is 22.0 Å². The number of carbonyl (C=O) groups excluding carboxylic acids is 1. The van der Waals surface area contributed by atoms with Gasteiger partial charge in [-0.2, -0.15) is 0 Å². The SMILES string of the molecule is CCCN(CC1CCCN1C(C(=O)Nc1ccccc1)C1CCCO1)C1COC1. The van der Waals surface area contributed by atoms with Crippen molar-refractivity contribution in [3.63, 3.8) is 0 Å². The number of para-hydroxylation sites is 1. The van der Waals surface area contributed by atoms with Gasteiger partial charge in [-0.1, -0.05) is 25.1 Å². The highest BCUT2D eigenvalue weighted by Gasteiger charge is 2.42. The number of anilines is 1. The van der Waals surface area contributed by atoms with E-state index in [0.29, 0.717) is 12.1 Å². The molecule has 0 bridgehead atoms. The molecule has 0 spiro atoms. The molecule has 1 aromatic rings. The summed E-state index contributed by atoms with van der Waals surface area (Å²) < 4.78 is 11.5. The Morgan fingerprint density at radius 1 is 1.24 bits per heavy atom. The maximum absolute atomic E-state index is 13.4. The van der Waals surface area contributed by atoms with Crippen molar-refractivity contribution in [1.29, 1.82) is 0 Å². The largest absolute Gasteiger partial charge is 0.378 e. The van der Waals surface area contributed by atoms with Crippen LogP contribution in [0.15, 0.2) is 30.3 Å². The second-order valence-electron chi connectivity index (χ2n) is 8.57. The Hall–Kier alpha value is -1.47. The number of nitrogens with one attached hydrogen (secondary N) is 1. The third-order valence-electron chi connectivity index (χ3n) is 6.50. The number of hydrogen-bond acceptors (Lipinski definition) is 5. The Balaban J connectivity index is 1.48. The summed E-state index contributed by atoms with van der Waals surface area (Å²) in [6.45, 7) is 7.77. The molecule has 3 saturated heterocycles. The van der Waals surface area contributed by atoms with Crippen molar-refractivity contribution in [2.75, 3.05) is 44.8 Å². The van der Waals surface area contributed by atoms with Gasteiger partial charge in [0.05, 0.1) is 25.4 Å². The van der Waals surface area contributed by atoms with Crippen LogP contribution in [0.5, 0.6) is 0 Å². The standard InChI is InChI=1S/C23H35N3O3/c1-2-12-25(20-16-28-17-20)15-19-10-6-13-26(19)22(21-11-7-14-29-21)23(27)24-18-8-4-3-5-9-18/h3-5,8-9,19-22H,2,6-7,10-17H2,1H3,(H,24,27). The fraction of sp³-hybridized carbons (Fsp3) is 0.696. The average molecular weight is 402 g/mol. The number of nitrogens with zero attached hydrogens (tertiary/aromatic N) is 2. The van der Waals surface area contributed by atoms with Gasteiger partial charge in [-0.05, 0) is 57.3 Å². The lowest BCUT2D eigenvalue weighted by molar-refractivity contribution is -0.127. The zero-order chi connectivity index (χ0) is 20.1. The van der Waals surface area contributed by atoms with Crippen LogP contribution in [0.25, 0.3) is 0 Å². The molecule has 3 atom stereocenters. The van der Waals surface area contributed by atoms with Gasteiger partial charge in [0.1, 0.15) is 6.04 Å². The second-order valence-corrected chi connectivity index (χ2v) is 8.57. The first-order chi connectivity index (χ1) is 14.3. The number of amides is 1. The van der Waals surface area contributed by atoms with Crippen LogP contribution >= 0.6 is 0 Å². The van der Waals surface area contributed by atoms with Gasteiger partial charge in [-0.15, -0.1) is 0 Å². The summed E-state index contributed by atoms with van der Waals surface area (Å²) in [5.74, 6) is 0.0732. The summed E-state index contributed by atoms with van der Waals surface area (Å²) in [7, 11) is 0. The molecule has 0 aromatic heterocycles. The molecular formula is C23H35N3O3. The summed E-state index contributed by atoms with van der Waals surface area (Å²) in [6.07, 6.45) is 5.44. The molecule has 1 N–H and O–H groups in total. The van der Waals surface area contributed by atoms with Gasteiger partial charge in [0.15, 0.2) is 0 Å². The van der Waals surface area contributed by atoms with E-state index in [1.807, 2.05) is 30.3 Å². The molecule has 160 valence electrons. The van der Waals surface area contributed by atoms with Gasteiger partial charge in [0.25, 0.3) is 0 Å². The Morgan fingerprint density at radius 2 is 2.07 bits per heavy atom. The minimum Gasteiger partial charge on any atom is -0.378 e. The van der Waals surface area contributed by atoms with E-state index in [9.17, 15) is 4.79 Å². The van der Waals surface area contributed by atoms with Crippen molar-refractivity contribution in [2.24, 2.45) is 0 Å².